The molecule has 0 spiro atoms. The number of benzene rings is 2. The molecule has 0 amide bonds. The van der Waals surface area contributed by atoms with Crippen molar-refractivity contribution in [1.82, 2.24) is 9.97 Å². The maximum Gasteiger partial charge on any atom is 0.329 e. The van der Waals surface area contributed by atoms with Gasteiger partial charge in [-0.15, -0.1) is 0 Å². The van der Waals surface area contributed by atoms with Crippen LogP contribution in [0.25, 0.3) is 11.3 Å². The van der Waals surface area contributed by atoms with Gasteiger partial charge in [0.25, 0.3) is 0 Å². The van der Waals surface area contributed by atoms with Gasteiger partial charge in [0.1, 0.15) is 24.1 Å². The number of fused-ring (bicyclic) bond motifs is 1. The summed E-state index contributed by atoms with van der Waals surface area (Å²) in [7, 11) is -0.614. The summed E-state index contributed by atoms with van der Waals surface area (Å²) in [6.45, 7) is 15.7. The Labute approximate surface area is 242 Å². The van der Waals surface area contributed by atoms with Crippen molar-refractivity contribution in [1.29, 1.82) is 10.5 Å². The summed E-state index contributed by atoms with van der Waals surface area (Å²) in [5.41, 5.74) is 3.87. The molecule has 11 heteroatoms. The SMILES string of the molecule is Cc1cc(F)c(C#N)cc1Nc1nccc(-c2cc(C#N)c3c(c2)[C@@](C)(CO[Si](C)(C)C(C)(C)C)CN3[B]C=O)n1. The van der Waals surface area contributed by atoms with Crippen LogP contribution in [-0.4, -0.2) is 45.0 Å². The van der Waals surface area contributed by atoms with Crippen LogP contribution in [0.4, 0.5) is 21.7 Å². The highest BCUT2D eigenvalue weighted by Gasteiger charge is 2.44. The van der Waals surface area contributed by atoms with Crippen LogP contribution in [0.5, 0.6) is 0 Å². The Hall–Kier alpha value is -4.06. The van der Waals surface area contributed by atoms with Crippen molar-refractivity contribution in [2.45, 2.75) is 58.2 Å². The van der Waals surface area contributed by atoms with E-state index in [4.69, 9.17) is 4.43 Å². The van der Waals surface area contributed by atoms with Gasteiger partial charge in [0, 0.05) is 41.7 Å². The van der Waals surface area contributed by atoms with Crippen LogP contribution in [0.3, 0.4) is 0 Å². The van der Waals surface area contributed by atoms with Gasteiger partial charge in [-0.3, -0.25) is 0 Å². The average Bonchev–Trinajstić information content (AvgIpc) is 3.20. The molecular weight excluding hydrogens is 534 g/mol. The van der Waals surface area contributed by atoms with Crippen LogP contribution < -0.4 is 10.1 Å². The highest BCUT2D eigenvalue weighted by atomic mass is 28.4. The summed E-state index contributed by atoms with van der Waals surface area (Å²) >= 11 is 0. The molecule has 1 N–H and O–H groups in total. The zero-order valence-corrected chi connectivity index (χ0v) is 25.5. The Morgan fingerprint density at radius 2 is 1.93 bits per heavy atom. The van der Waals surface area contributed by atoms with Gasteiger partial charge >= 0.3 is 7.41 Å². The highest BCUT2D eigenvalue weighted by Crippen LogP contribution is 2.46. The lowest BCUT2D eigenvalue weighted by atomic mass is 9.83. The minimum atomic E-state index is -2.08. The normalized spacial score (nSPS) is 16.5. The van der Waals surface area contributed by atoms with E-state index in [2.05, 4.69) is 62.1 Å². The number of aromatic nitrogens is 2. The zero-order chi connectivity index (χ0) is 30.2. The second kappa shape index (κ2) is 11.1. The average molecular weight is 568 g/mol. The molecule has 1 radical (unpaired) electrons. The lowest BCUT2D eigenvalue weighted by Crippen LogP contribution is -2.46. The molecule has 2 aromatic carbocycles. The number of aryl methyl sites for hydroxylation is 1. The van der Waals surface area contributed by atoms with Gasteiger partial charge in [-0.2, -0.15) is 10.5 Å². The summed E-state index contributed by atoms with van der Waals surface area (Å²) in [5.74, 6) is -0.325. The molecule has 4 rings (SSSR count). The van der Waals surface area contributed by atoms with Crippen molar-refractivity contribution in [3.8, 4) is 23.4 Å². The van der Waals surface area contributed by atoms with E-state index >= 15 is 0 Å². The van der Waals surface area contributed by atoms with Gasteiger partial charge in [0.05, 0.1) is 16.8 Å². The number of halogens is 1. The smallest absolute Gasteiger partial charge is 0.329 e. The van der Waals surface area contributed by atoms with Crippen LogP contribution in [0, 0.1) is 35.4 Å². The molecule has 1 atom stereocenters. The summed E-state index contributed by atoms with van der Waals surface area (Å²) in [6.07, 6.45) is 2.33. The van der Waals surface area contributed by atoms with Crippen LogP contribution in [0.15, 0.2) is 36.5 Å². The molecule has 0 saturated carbocycles. The number of anilines is 3. The Bertz CT molecular complexity index is 1590. The molecule has 1 aliphatic heterocycles. The lowest BCUT2D eigenvalue weighted by Gasteiger charge is -2.39. The van der Waals surface area contributed by atoms with Gasteiger partial charge in [-0.05, 0) is 66.5 Å². The van der Waals surface area contributed by atoms with Gasteiger partial charge in [-0.25, -0.2) is 14.4 Å². The minimum absolute atomic E-state index is 0.0281. The summed E-state index contributed by atoms with van der Waals surface area (Å²) in [4.78, 5) is 22.3. The van der Waals surface area contributed by atoms with Crippen molar-refractivity contribution in [2.75, 3.05) is 23.3 Å². The van der Waals surface area contributed by atoms with E-state index in [9.17, 15) is 19.7 Å². The largest absolute Gasteiger partial charge is 0.416 e. The molecule has 209 valence electrons. The molecule has 1 aromatic heterocycles. The number of carbonyl (C=O) groups excluding carboxylic acids is 1. The topological polar surface area (TPSA) is 115 Å². The van der Waals surface area contributed by atoms with Crippen molar-refractivity contribution < 1.29 is 13.6 Å². The molecule has 0 bridgehead atoms. The van der Waals surface area contributed by atoms with E-state index in [1.807, 2.05) is 16.9 Å². The standard InChI is InChI=1S/C30H33BFN6O2Si/c1-19-10-24(32)21(14-33)13-26(19)37-28-35-9-8-25(36-28)20-11-22(15-34)27-23(12-20)30(5,16-38(27)31-18-39)17-40-41(6,7)29(2,3)4/h8-13,18H,16-17H2,1-7H3,(H,35,36,37)/t30-/m1/s1. The predicted molar refractivity (Wildman–Crippen MR) is 162 cm³/mol. The molecule has 0 saturated heterocycles. The van der Waals surface area contributed by atoms with E-state index in [0.29, 0.717) is 46.9 Å². The van der Waals surface area contributed by atoms with Crippen LogP contribution in [-0.2, 0) is 14.6 Å². The molecule has 0 fully saturated rings. The quantitative estimate of drug-likeness (QED) is 0.261. The number of nitrogens with zero attached hydrogens (tertiary/aromatic N) is 5. The first-order chi connectivity index (χ1) is 19.2. The van der Waals surface area contributed by atoms with E-state index < -0.39 is 19.5 Å². The zero-order valence-electron chi connectivity index (χ0n) is 24.5. The molecule has 41 heavy (non-hydrogen) atoms. The van der Waals surface area contributed by atoms with E-state index in [1.165, 1.54) is 19.5 Å². The van der Waals surface area contributed by atoms with Crippen molar-refractivity contribution in [3.63, 3.8) is 0 Å². The summed E-state index contributed by atoms with van der Waals surface area (Å²) in [6, 6.07) is 12.4. The van der Waals surface area contributed by atoms with Gasteiger partial charge < -0.3 is 19.3 Å². The fourth-order valence-corrected chi connectivity index (χ4v) is 5.76. The van der Waals surface area contributed by atoms with E-state index in [1.54, 1.807) is 25.3 Å². The van der Waals surface area contributed by atoms with Crippen molar-refractivity contribution in [2.24, 2.45) is 0 Å². The van der Waals surface area contributed by atoms with Gasteiger partial charge in [0.2, 0.25) is 5.95 Å². The van der Waals surface area contributed by atoms with Gasteiger partial charge in [-0.1, -0.05) is 27.7 Å². The third kappa shape index (κ3) is 5.88. The second-order valence-corrected chi connectivity index (χ2v) is 17.0. The van der Waals surface area contributed by atoms with Crippen molar-refractivity contribution in [3.05, 3.63) is 64.6 Å². The molecule has 2 heterocycles. The molecular formula is C30H33BFN6O2Si. The van der Waals surface area contributed by atoms with Crippen LogP contribution in [0.1, 0.15) is 49.9 Å². The minimum Gasteiger partial charge on any atom is -0.416 e. The maximum atomic E-state index is 14.0. The monoisotopic (exact) mass is 567 g/mol. The predicted octanol–water partition coefficient (Wildman–Crippen LogP) is 5.99. The Morgan fingerprint density at radius 1 is 1.22 bits per heavy atom. The van der Waals surface area contributed by atoms with Crippen molar-refractivity contribution >= 4 is 39.2 Å². The molecule has 3 aromatic rings. The molecule has 8 nitrogen and oxygen atoms in total. The molecule has 0 aliphatic carbocycles. The number of nitrogens with one attached hydrogen (secondary N) is 1. The first-order valence-corrected chi connectivity index (χ1v) is 16.2. The third-order valence-corrected chi connectivity index (χ3v) is 12.6. The van der Waals surface area contributed by atoms with Crippen LogP contribution in [0.2, 0.25) is 18.1 Å². The Morgan fingerprint density at radius 3 is 2.56 bits per heavy atom. The Balaban J connectivity index is 1.76. The number of nitriles is 2. The maximum absolute atomic E-state index is 14.0. The number of carbonyl (C=O) groups is 1. The molecule has 0 unspecified atom stereocenters. The molecule has 1 aliphatic rings. The Kier molecular flexibility index (Phi) is 8.08. The number of rotatable bonds is 8. The summed E-state index contributed by atoms with van der Waals surface area (Å²) < 4.78 is 20.7. The van der Waals surface area contributed by atoms with Gasteiger partial charge in [0.15, 0.2) is 8.32 Å². The lowest BCUT2D eigenvalue weighted by molar-refractivity contribution is 0.219. The first kappa shape index (κ1) is 29.9. The number of hydrogen-bond acceptors (Lipinski definition) is 8. The fourth-order valence-electron chi connectivity index (χ4n) is 4.65. The fraction of sp³-hybridized carbons (Fsp3) is 0.367. The summed E-state index contributed by atoms with van der Waals surface area (Å²) in [5, 5.41) is 22.5. The van der Waals surface area contributed by atoms with Crippen LogP contribution >= 0.6 is 0 Å². The number of hydrogen-bond donors (Lipinski definition) is 1. The second-order valence-electron chi connectivity index (χ2n) is 12.2. The first-order valence-electron chi connectivity index (χ1n) is 13.3. The third-order valence-electron chi connectivity index (χ3n) is 8.12. The highest BCUT2D eigenvalue weighted by molar-refractivity contribution is 6.74. The van der Waals surface area contributed by atoms with E-state index in [0.717, 1.165) is 11.7 Å². The van der Waals surface area contributed by atoms with E-state index in [-0.39, 0.29) is 16.6 Å².